The molecule has 2 N–H and O–H groups in total. The summed E-state index contributed by atoms with van der Waals surface area (Å²) in [7, 11) is 0. The van der Waals surface area contributed by atoms with Crippen LogP contribution in [0.3, 0.4) is 0 Å². The van der Waals surface area contributed by atoms with Crippen LogP contribution in [0.1, 0.15) is 46.5 Å². The van der Waals surface area contributed by atoms with Crippen molar-refractivity contribution in [1.82, 2.24) is 10.6 Å². The first-order valence-corrected chi connectivity index (χ1v) is 6.25. The first kappa shape index (κ1) is 12.0. The van der Waals surface area contributed by atoms with E-state index in [1.807, 2.05) is 13.8 Å². The Bertz CT molecular complexity index is 145. The zero-order valence-electron chi connectivity index (χ0n) is 10.0. The van der Waals surface area contributed by atoms with E-state index >= 15 is 0 Å². The lowest BCUT2D eigenvalue weighted by atomic mass is 9.71. The van der Waals surface area contributed by atoms with Crippen LogP contribution in [0.25, 0.3) is 0 Å². The minimum Gasteiger partial charge on any atom is -0.316 e. The fourth-order valence-electron chi connectivity index (χ4n) is 2.83. The van der Waals surface area contributed by atoms with E-state index in [4.69, 9.17) is 0 Å². The Balaban J connectivity index is 0.000000461. The summed E-state index contributed by atoms with van der Waals surface area (Å²) in [6.45, 7) is 10.0. The van der Waals surface area contributed by atoms with Gasteiger partial charge in [0.25, 0.3) is 0 Å². The summed E-state index contributed by atoms with van der Waals surface area (Å²) in [4.78, 5) is 0. The van der Waals surface area contributed by atoms with Gasteiger partial charge in [0.05, 0.1) is 0 Å². The number of rotatable bonds is 0. The molecule has 0 aromatic heterocycles. The van der Waals surface area contributed by atoms with Crippen molar-refractivity contribution in [2.24, 2.45) is 5.41 Å². The SMILES string of the molecule is CC.CC1CC2(CCCNC2)CCN1. The number of hydrogen-bond acceptors (Lipinski definition) is 2. The molecule has 2 aliphatic rings. The van der Waals surface area contributed by atoms with E-state index in [0.29, 0.717) is 5.41 Å². The van der Waals surface area contributed by atoms with Crippen LogP contribution in [-0.4, -0.2) is 25.7 Å². The molecule has 2 heteroatoms. The highest BCUT2D eigenvalue weighted by atomic mass is 15.0. The maximum absolute atomic E-state index is 3.54. The smallest absolute Gasteiger partial charge is 0.00445 e. The van der Waals surface area contributed by atoms with E-state index in [2.05, 4.69) is 17.6 Å². The molecule has 2 nitrogen and oxygen atoms in total. The predicted octanol–water partition coefficient (Wildman–Crippen LogP) is 2.15. The van der Waals surface area contributed by atoms with Gasteiger partial charge in [-0.3, -0.25) is 0 Å². The van der Waals surface area contributed by atoms with Gasteiger partial charge in [0.1, 0.15) is 0 Å². The molecule has 2 saturated heterocycles. The van der Waals surface area contributed by atoms with Crippen molar-refractivity contribution >= 4 is 0 Å². The summed E-state index contributed by atoms with van der Waals surface area (Å²) in [5.41, 5.74) is 0.656. The van der Waals surface area contributed by atoms with Gasteiger partial charge in [-0.15, -0.1) is 0 Å². The maximum Gasteiger partial charge on any atom is 0.00445 e. The third-order valence-corrected chi connectivity index (χ3v) is 3.45. The number of piperidine rings is 2. The average Bonchev–Trinajstić information content (AvgIpc) is 2.21. The third-order valence-electron chi connectivity index (χ3n) is 3.45. The van der Waals surface area contributed by atoms with Crippen LogP contribution >= 0.6 is 0 Å². The van der Waals surface area contributed by atoms with Gasteiger partial charge in [0.2, 0.25) is 0 Å². The van der Waals surface area contributed by atoms with E-state index in [1.54, 1.807) is 0 Å². The minimum atomic E-state index is 0.656. The molecule has 2 aliphatic heterocycles. The van der Waals surface area contributed by atoms with Crippen LogP contribution in [-0.2, 0) is 0 Å². The zero-order valence-corrected chi connectivity index (χ0v) is 10.0. The lowest BCUT2D eigenvalue weighted by Gasteiger charge is -2.43. The second-order valence-electron chi connectivity index (χ2n) is 4.59. The van der Waals surface area contributed by atoms with Gasteiger partial charge in [-0.05, 0) is 51.1 Å². The van der Waals surface area contributed by atoms with Crippen LogP contribution in [0.2, 0.25) is 0 Å². The Morgan fingerprint density at radius 2 is 1.93 bits per heavy atom. The van der Waals surface area contributed by atoms with Gasteiger partial charge >= 0.3 is 0 Å². The summed E-state index contributed by atoms with van der Waals surface area (Å²) in [5, 5.41) is 7.06. The van der Waals surface area contributed by atoms with Gasteiger partial charge in [0.15, 0.2) is 0 Å². The van der Waals surface area contributed by atoms with Crippen molar-refractivity contribution in [3.63, 3.8) is 0 Å². The molecule has 84 valence electrons. The van der Waals surface area contributed by atoms with Crippen molar-refractivity contribution in [2.45, 2.75) is 52.5 Å². The lowest BCUT2D eigenvalue weighted by molar-refractivity contribution is 0.127. The van der Waals surface area contributed by atoms with Crippen molar-refractivity contribution in [3.8, 4) is 0 Å². The Morgan fingerprint density at radius 1 is 1.14 bits per heavy atom. The lowest BCUT2D eigenvalue weighted by Crippen LogP contribution is -2.49. The molecule has 2 atom stereocenters. The molecule has 2 rings (SSSR count). The molecule has 2 heterocycles. The van der Waals surface area contributed by atoms with E-state index < -0.39 is 0 Å². The fourth-order valence-corrected chi connectivity index (χ4v) is 2.83. The molecular weight excluding hydrogens is 172 g/mol. The van der Waals surface area contributed by atoms with E-state index in [9.17, 15) is 0 Å². The molecule has 2 unspecified atom stereocenters. The van der Waals surface area contributed by atoms with Crippen molar-refractivity contribution in [2.75, 3.05) is 19.6 Å². The highest BCUT2D eigenvalue weighted by molar-refractivity contribution is 4.91. The maximum atomic E-state index is 3.54. The normalized spacial score (nSPS) is 37.5. The molecular formula is C12H26N2. The standard InChI is InChI=1S/C10H20N2.C2H6/c1-9-7-10(4-6-12-9)3-2-5-11-8-10;1-2/h9,11-12H,2-8H2,1H3;1-2H3. The van der Waals surface area contributed by atoms with Crippen molar-refractivity contribution in [1.29, 1.82) is 0 Å². The molecule has 0 aromatic carbocycles. The summed E-state index contributed by atoms with van der Waals surface area (Å²) in [5.74, 6) is 0. The highest BCUT2D eigenvalue weighted by Crippen LogP contribution is 2.36. The van der Waals surface area contributed by atoms with Gasteiger partial charge in [-0.2, -0.15) is 0 Å². The molecule has 2 fully saturated rings. The Kier molecular flexibility index (Phi) is 4.90. The average molecular weight is 198 g/mol. The Labute approximate surface area is 88.8 Å². The second kappa shape index (κ2) is 5.72. The van der Waals surface area contributed by atoms with E-state index in [-0.39, 0.29) is 0 Å². The molecule has 14 heavy (non-hydrogen) atoms. The summed E-state index contributed by atoms with van der Waals surface area (Å²) < 4.78 is 0. The predicted molar refractivity (Wildman–Crippen MR) is 62.6 cm³/mol. The highest BCUT2D eigenvalue weighted by Gasteiger charge is 2.35. The van der Waals surface area contributed by atoms with Crippen molar-refractivity contribution in [3.05, 3.63) is 0 Å². The van der Waals surface area contributed by atoms with Crippen molar-refractivity contribution < 1.29 is 0 Å². The molecule has 0 amide bonds. The largest absolute Gasteiger partial charge is 0.316 e. The second-order valence-corrected chi connectivity index (χ2v) is 4.59. The van der Waals surface area contributed by atoms with Crippen LogP contribution in [0.5, 0.6) is 0 Å². The quantitative estimate of drug-likeness (QED) is 0.623. The van der Waals surface area contributed by atoms with Crippen LogP contribution in [0, 0.1) is 5.41 Å². The molecule has 0 aliphatic carbocycles. The summed E-state index contributed by atoms with van der Waals surface area (Å²) >= 11 is 0. The minimum absolute atomic E-state index is 0.656. The van der Waals surface area contributed by atoms with Gasteiger partial charge in [-0.25, -0.2) is 0 Å². The van der Waals surface area contributed by atoms with E-state index in [1.165, 1.54) is 45.3 Å². The number of hydrogen-bond donors (Lipinski definition) is 2. The Hall–Kier alpha value is -0.0800. The third kappa shape index (κ3) is 2.96. The Morgan fingerprint density at radius 3 is 2.50 bits per heavy atom. The van der Waals surface area contributed by atoms with Crippen LogP contribution in [0.4, 0.5) is 0 Å². The van der Waals surface area contributed by atoms with Crippen LogP contribution < -0.4 is 10.6 Å². The zero-order chi connectivity index (χ0) is 10.4. The monoisotopic (exact) mass is 198 g/mol. The van der Waals surface area contributed by atoms with E-state index in [0.717, 1.165) is 6.04 Å². The van der Waals surface area contributed by atoms with Gasteiger partial charge < -0.3 is 10.6 Å². The summed E-state index contributed by atoms with van der Waals surface area (Å²) in [6.07, 6.45) is 5.59. The first-order chi connectivity index (χ1) is 6.81. The fraction of sp³-hybridized carbons (Fsp3) is 1.00. The number of nitrogens with one attached hydrogen (secondary N) is 2. The molecule has 0 bridgehead atoms. The summed E-state index contributed by atoms with van der Waals surface area (Å²) in [6, 6.07) is 0.735. The molecule has 1 spiro atoms. The first-order valence-electron chi connectivity index (χ1n) is 6.25. The molecule has 0 aromatic rings. The molecule has 0 saturated carbocycles. The van der Waals surface area contributed by atoms with Crippen LogP contribution in [0.15, 0.2) is 0 Å². The van der Waals surface area contributed by atoms with Gasteiger partial charge in [0, 0.05) is 12.6 Å². The topological polar surface area (TPSA) is 24.1 Å². The van der Waals surface area contributed by atoms with Gasteiger partial charge in [-0.1, -0.05) is 13.8 Å². The molecule has 0 radical (unpaired) electrons.